The first-order valence-electron chi connectivity index (χ1n) is 7.32. The molecule has 1 saturated heterocycles. The smallest absolute Gasteiger partial charge is 0.158 e. The molecule has 18 heavy (non-hydrogen) atoms. The second-order valence-corrected chi connectivity index (χ2v) is 4.82. The van der Waals surface area contributed by atoms with Gasteiger partial charge in [0.1, 0.15) is 0 Å². The van der Waals surface area contributed by atoms with Crippen molar-refractivity contribution >= 4 is 0 Å². The quantitative estimate of drug-likeness (QED) is 0.644. The van der Waals surface area contributed by atoms with Crippen LogP contribution in [0.1, 0.15) is 40.0 Å². The van der Waals surface area contributed by atoms with Gasteiger partial charge >= 0.3 is 0 Å². The predicted octanol–water partition coefficient (Wildman–Crippen LogP) is 2.18. The zero-order valence-electron chi connectivity index (χ0n) is 12.1. The molecule has 1 atom stereocenters. The van der Waals surface area contributed by atoms with Crippen LogP contribution in [0.4, 0.5) is 0 Å². The summed E-state index contributed by atoms with van der Waals surface area (Å²) in [6.45, 7) is 10.5. The molecule has 1 rings (SSSR count). The summed E-state index contributed by atoms with van der Waals surface area (Å²) in [6.07, 6.45) is 3.20. The molecule has 4 nitrogen and oxygen atoms in total. The van der Waals surface area contributed by atoms with Crippen LogP contribution in [0.2, 0.25) is 0 Å². The Morgan fingerprint density at radius 3 is 2.33 bits per heavy atom. The summed E-state index contributed by atoms with van der Waals surface area (Å²) in [6, 6.07) is 0.554. The number of hydrogen-bond donors (Lipinski definition) is 1. The lowest BCUT2D eigenvalue weighted by Gasteiger charge is -2.29. The van der Waals surface area contributed by atoms with Crippen molar-refractivity contribution in [2.45, 2.75) is 52.4 Å². The number of rotatable bonds is 9. The van der Waals surface area contributed by atoms with Crippen LogP contribution in [-0.2, 0) is 14.2 Å². The number of ether oxygens (including phenoxy) is 3. The third-order valence-electron chi connectivity index (χ3n) is 3.52. The minimum Gasteiger partial charge on any atom is -0.381 e. The van der Waals surface area contributed by atoms with Crippen molar-refractivity contribution in [3.05, 3.63) is 0 Å². The number of hydrogen-bond acceptors (Lipinski definition) is 4. The van der Waals surface area contributed by atoms with Crippen molar-refractivity contribution in [2.24, 2.45) is 5.92 Å². The maximum absolute atomic E-state index is 5.53. The summed E-state index contributed by atoms with van der Waals surface area (Å²) in [7, 11) is 0. The SMILES string of the molecule is CCOC(CCNC(C)C1CCOCC1)OCC. The van der Waals surface area contributed by atoms with Gasteiger partial charge < -0.3 is 19.5 Å². The molecule has 1 aliphatic heterocycles. The monoisotopic (exact) mass is 259 g/mol. The Kier molecular flexibility index (Phi) is 8.59. The van der Waals surface area contributed by atoms with E-state index in [2.05, 4.69) is 12.2 Å². The molecule has 0 amide bonds. The van der Waals surface area contributed by atoms with Crippen LogP contribution in [0, 0.1) is 5.92 Å². The van der Waals surface area contributed by atoms with Crippen LogP contribution in [0.25, 0.3) is 0 Å². The van der Waals surface area contributed by atoms with Gasteiger partial charge in [-0.1, -0.05) is 0 Å². The molecule has 0 aromatic rings. The molecule has 1 aliphatic rings. The fourth-order valence-corrected chi connectivity index (χ4v) is 2.40. The molecule has 0 spiro atoms. The lowest BCUT2D eigenvalue weighted by Crippen LogP contribution is -2.38. The van der Waals surface area contributed by atoms with Crippen molar-refractivity contribution in [1.29, 1.82) is 0 Å². The number of nitrogens with one attached hydrogen (secondary N) is 1. The molecule has 1 heterocycles. The molecule has 1 N–H and O–H groups in total. The van der Waals surface area contributed by atoms with Crippen molar-refractivity contribution in [3.63, 3.8) is 0 Å². The van der Waals surface area contributed by atoms with E-state index in [1.54, 1.807) is 0 Å². The van der Waals surface area contributed by atoms with Crippen molar-refractivity contribution in [3.8, 4) is 0 Å². The average Bonchev–Trinajstić information content (AvgIpc) is 2.40. The van der Waals surface area contributed by atoms with Crippen LogP contribution in [0.3, 0.4) is 0 Å². The summed E-state index contributed by atoms with van der Waals surface area (Å²) >= 11 is 0. The maximum atomic E-state index is 5.53. The van der Waals surface area contributed by atoms with Crippen LogP contribution in [0.5, 0.6) is 0 Å². The average molecular weight is 259 g/mol. The molecule has 0 saturated carbocycles. The lowest BCUT2D eigenvalue weighted by molar-refractivity contribution is -0.139. The second-order valence-electron chi connectivity index (χ2n) is 4.82. The van der Waals surface area contributed by atoms with E-state index in [0.29, 0.717) is 19.3 Å². The van der Waals surface area contributed by atoms with Gasteiger partial charge in [-0.15, -0.1) is 0 Å². The van der Waals surface area contributed by atoms with Gasteiger partial charge in [-0.3, -0.25) is 0 Å². The highest BCUT2D eigenvalue weighted by molar-refractivity contribution is 4.74. The summed E-state index contributed by atoms with van der Waals surface area (Å²) in [5, 5.41) is 3.58. The van der Waals surface area contributed by atoms with Crippen LogP contribution in [-0.4, -0.2) is 45.3 Å². The summed E-state index contributed by atoms with van der Waals surface area (Å²) in [4.78, 5) is 0. The van der Waals surface area contributed by atoms with Gasteiger partial charge in [0.25, 0.3) is 0 Å². The summed E-state index contributed by atoms with van der Waals surface area (Å²) in [5.41, 5.74) is 0. The Balaban J connectivity index is 2.14. The van der Waals surface area contributed by atoms with Gasteiger partial charge in [0.15, 0.2) is 6.29 Å². The summed E-state index contributed by atoms with van der Waals surface area (Å²) in [5.74, 6) is 0.747. The van der Waals surface area contributed by atoms with E-state index in [1.807, 2.05) is 13.8 Å². The molecule has 0 aliphatic carbocycles. The van der Waals surface area contributed by atoms with Crippen molar-refractivity contribution in [1.82, 2.24) is 5.32 Å². The molecule has 1 unspecified atom stereocenters. The topological polar surface area (TPSA) is 39.7 Å². The maximum Gasteiger partial charge on any atom is 0.158 e. The molecule has 0 bridgehead atoms. The minimum absolute atomic E-state index is 0.0608. The minimum atomic E-state index is -0.0608. The van der Waals surface area contributed by atoms with E-state index in [9.17, 15) is 0 Å². The van der Waals surface area contributed by atoms with E-state index in [1.165, 1.54) is 12.8 Å². The van der Waals surface area contributed by atoms with Crippen molar-refractivity contribution < 1.29 is 14.2 Å². The fraction of sp³-hybridized carbons (Fsp3) is 1.00. The molecule has 1 fully saturated rings. The van der Waals surface area contributed by atoms with E-state index in [-0.39, 0.29) is 6.29 Å². The van der Waals surface area contributed by atoms with Crippen LogP contribution >= 0.6 is 0 Å². The normalized spacial score (nSPS) is 19.3. The zero-order valence-corrected chi connectivity index (χ0v) is 12.1. The Labute approximate surface area is 111 Å². The highest BCUT2D eigenvalue weighted by Crippen LogP contribution is 2.18. The molecule has 4 heteroatoms. The molecule has 0 radical (unpaired) electrons. The van der Waals surface area contributed by atoms with Crippen molar-refractivity contribution in [2.75, 3.05) is 33.0 Å². The third-order valence-corrected chi connectivity index (χ3v) is 3.52. The van der Waals surface area contributed by atoms with E-state index in [4.69, 9.17) is 14.2 Å². The Morgan fingerprint density at radius 2 is 1.78 bits per heavy atom. The molecular formula is C14H29NO3. The lowest BCUT2D eigenvalue weighted by atomic mass is 9.93. The van der Waals surface area contributed by atoms with Gasteiger partial charge in [0.05, 0.1) is 0 Å². The molecule has 108 valence electrons. The van der Waals surface area contributed by atoms with Gasteiger partial charge in [0, 0.05) is 45.4 Å². The zero-order chi connectivity index (χ0) is 13.2. The van der Waals surface area contributed by atoms with E-state index < -0.39 is 0 Å². The van der Waals surface area contributed by atoms with Crippen LogP contribution in [0.15, 0.2) is 0 Å². The van der Waals surface area contributed by atoms with Gasteiger partial charge in [0.2, 0.25) is 0 Å². The first-order chi connectivity index (χ1) is 8.77. The Morgan fingerprint density at radius 1 is 1.17 bits per heavy atom. The Bertz CT molecular complexity index is 189. The third kappa shape index (κ3) is 6.14. The predicted molar refractivity (Wildman–Crippen MR) is 72.7 cm³/mol. The van der Waals surface area contributed by atoms with Crippen LogP contribution < -0.4 is 5.32 Å². The molecular weight excluding hydrogens is 230 g/mol. The summed E-state index contributed by atoms with van der Waals surface area (Å²) < 4.78 is 16.4. The van der Waals surface area contributed by atoms with Gasteiger partial charge in [-0.05, 0) is 39.5 Å². The Hall–Kier alpha value is -0.160. The van der Waals surface area contributed by atoms with E-state index in [0.717, 1.165) is 32.1 Å². The molecule has 0 aromatic heterocycles. The second kappa shape index (κ2) is 9.73. The first-order valence-corrected chi connectivity index (χ1v) is 7.32. The van der Waals surface area contributed by atoms with Gasteiger partial charge in [-0.2, -0.15) is 0 Å². The van der Waals surface area contributed by atoms with Gasteiger partial charge in [-0.25, -0.2) is 0 Å². The molecule has 0 aromatic carbocycles. The largest absolute Gasteiger partial charge is 0.381 e. The standard InChI is InChI=1S/C14H29NO3/c1-4-17-14(18-5-2)6-9-15-12(3)13-7-10-16-11-8-13/h12-15H,4-11H2,1-3H3. The fourth-order valence-electron chi connectivity index (χ4n) is 2.40. The van der Waals surface area contributed by atoms with E-state index >= 15 is 0 Å². The highest BCUT2D eigenvalue weighted by Gasteiger charge is 2.20. The first kappa shape index (κ1) is 15.9. The highest BCUT2D eigenvalue weighted by atomic mass is 16.7.